The van der Waals surface area contributed by atoms with Crippen molar-refractivity contribution in [2.45, 2.75) is 20.8 Å². The van der Waals surface area contributed by atoms with E-state index < -0.39 is 17.5 Å². The van der Waals surface area contributed by atoms with Gasteiger partial charge in [0.2, 0.25) is 5.95 Å². The summed E-state index contributed by atoms with van der Waals surface area (Å²) < 4.78 is 39.8. The summed E-state index contributed by atoms with van der Waals surface area (Å²) in [6.07, 6.45) is 0. The molecule has 7 heteroatoms. The van der Waals surface area contributed by atoms with Crippen LogP contribution in [0.4, 0.5) is 30.6 Å². The minimum absolute atomic E-state index is 0.108. The van der Waals surface area contributed by atoms with E-state index in [0.717, 1.165) is 18.7 Å². The first-order chi connectivity index (χ1) is 10.4. The second-order valence-corrected chi connectivity index (χ2v) is 5.34. The molecule has 1 aromatic heterocycles. The van der Waals surface area contributed by atoms with Crippen molar-refractivity contribution in [3.8, 4) is 0 Å². The predicted molar refractivity (Wildman–Crippen MR) is 79.7 cm³/mol. The largest absolute Gasteiger partial charge is 0.370 e. The molecule has 1 aromatic carbocycles. The van der Waals surface area contributed by atoms with E-state index in [1.165, 1.54) is 0 Å². The van der Waals surface area contributed by atoms with E-state index in [0.29, 0.717) is 17.4 Å². The van der Waals surface area contributed by atoms with Crippen molar-refractivity contribution >= 4 is 17.5 Å². The van der Waals surface area contributed by atoms with E-state index in [4.69, 9.17) is 0 Å². The SMILES string of the molecule is Cc1cc(NCC(C)C)nc(Nc2ccc(F)c(F)c2F)n1. The summed E-state index contributed by atoms with van der Waals surface area (Å²) in [7, 11) is 0. The fourth-order valence-corrected chi connectivity index (χ4v) is 1.77. The Kier molecular flexibility index (Phi) is 4.85. The van der Waals surface area contributed by atoms with Gasteiger partial charge in [0, 0.05) is 18.3 Å². The summed E-state index contributed by atoms with van der Waals surface area (Å²) in [6, 6.07) is 3.68. The molecule has 0 fully saturated rings. The van der Waals surface area contributed by atoms with E-state index in [-0.39, 0.29) is 11.6 Å². The minimum atomic E-state index is -1.53. The van der Waals surface area contributed by atoms with Crippen molar-refractivity contribution < 1.29 is 13.2 Å². The average molecular weight is 310 g/mol. The fourth-order valence-electron chi connectivity index (χ4n) is 1.77. The summed E-state index contributed by atoms with van der Waals surface area (Å²) in [4.78, 5) is 8.28. The molecule has 0 saturated heterocycles. The van der Waals surface area contributed by atoms with Gasteiger partial charge in [-0.15, -0.1) is 0 Å². The number of halogens is 3. The summed E-state index contributed by atoms with van der Waals surface area (Å²) in [5.41, 5.74) is 0.436. The number of nitrogens with zero attached hydrogens (tertiary/aromatic N) is 2. The summed E-state index contributed by atoms with van der Waals surface area (Å²) in [5, 5.41) is 5.69. The van der Waals surface area contributed by atoms with Gasteiger partial charge in [-0.05, 0) is 25.0 Å². The van der Waals surface area contributed by atoms with Crippen molar-refractivity contribution in [1.29, 1.82) is 0 Å². The van der Waals surface area contributed by atoms with E-state index >= 15 is 0 Å². The maximum atomic E-state index is 13.7. The molecule has 118 valence electrons. The second-order valence-electron chi connectivity index (χ2n) is 5.34. The molecule has 0 aliphatic rings. The van der Waals surface area contributed by atoms with E-state index in [9.17, 15) is 13.2 Å². The van der Waals surface area contributed by atoms with Gasteiger partial charge in [-0.1, -0.05) is 13.8 Å². The molecule has 4 nitrogen and oxygen atoms in total. The molecule has 0 aliphatic carbocycles. The molecule has 0 radical (unpaired) electrons. The Balaban J connectivity index is 2.24. The van der Waals surface area contributed by atoms with Crippen LogP contribution in [0.2, 0.25) is 0 Å². The van der Waals surface area contributed by atoms with E-state index in [2.05, 4.69) is 34.4 Å². The monoisotopic (exact) mass is 310 g/mol. The second kappa shape index (κ2) is 6.64. The Hall–Kier alpha value is -2.31. The Morgan fingerprint density at radius 3 is 2.50 bits per heavy atom. The molecule has 0 saturated carbocycles. The molecule has 0 amide bonds. The molecule has 2 N–H and O–H groups in total. The number of hydrogen-bond donors (Lipinski definition) is 2. The zero-order valence-corrected chi connectivity index (χ0v) is 12.5. The van der Waals surface area contributed by atoms with Gasteiger partial charge in [-0.25, -0.2) is 18.2 Å². The molecule has 1 heterocycles. The highest BCUT2D eigenvalue weighted by Gasteiger charge is 2.14. The minimum Gasteiger partial charge on any atom is -0.370 e. The van der Waals surface area contributed by atoms with Gasteiger partial charge in [-0.2, -0.15) is 4.98 Å². The van der Waals surface area contributed by atoms with Crippen molar-refractivity contribution in [2.75, 3.05) is 17.2 Å². The number of anilines is 3. The van der Waals surface area contributed by atoms with E-state index in [1.54, 1.807) is 13.0 Å². The fraction of sp³-hybridized carbons (Fsp3) is 0.333. The van der Waals surface area contributed by atoms with Crippen LogP contribution in [0.3, 0.4) is 0 Å². The van der Waals surface area contributed by atoms with Gasteiger partial charge in [0.15, 0.2) is 17.5 Å². The molecule has 2 aromatic rings. The van der Waals surface area contributed by atoms with Gasteiger partial charge in [0.05, 0.1) is 5.69 Å². The smallest absolute Gasteiger partial charge is 0.229 e. The van der Waals surface area contributed by atoms with Crippen LogP contribution in [0.5, 0.6) is 0 Å². The van der Waals surface area contributed by atoms with Crippen LogP contribution in [0.15, 0.2) is 18.2 Å². The normalized spacial score (nSPS) is 10.9. The molecule has 0 aliphatic heterocycles. The quantitative estimate of drug-likeness (QED) is 0.819. The van der Waals surface area contributed by atoms with Crippen LogP contribution in [0.25, 0.3) is 0 Å². The van der Waals surface area contributed by atoms with Crippen molar-refractivity contribution in [3.63, 3.8) is 0 Å². The number of rotatable bonds is 5. The lowest BCUT2D eigenvalue weighted by Gasteiger charge is -2.12. The van der Waals surface area contributed by atoms with Gasteiger partial charge < -0.3 is 10.6 Å². The van der Waals surface area contributed by atoms with Gasteiger partial charge >= 0.3 is 0 Å². The maximum absolute atomic E-state index is 13.7. The first-order valence-electron chi connectivity index (χ1n) is 6.87. The molecule has 22 heavy (non-hydrogen) atoms. The summed E-state index contributed by atoms with van der Waals surface area (Å²) in [6.45, 7) is 6.58. The van der Waals surface area contributed by atoms with Crippen LogP contribution in [-0.2, 0) is 0 Å². The number of aromatic nitrogens is 2. The van der Waals surface area contributed by atoms with E-state index in [1.807, 2.05) is 0 Å². The first-order valence-corrected chi connectivity index (χ1v) is 6.87. The Morgan fingerprint density at radius 2 is 1.82 bits per heavy atom. The number of hydrogen-bond acceptors (Lipinski definition) is 4. The van der Waals surface area contributed by atoms with Crippen LogP contribution < -0.4 is 10.6 Å². The Bertz CT molecular complexity index is 674. The van der Waals surface area contributed by atoms with Crippen molar-refractivity contribution in [3.05, 3.63) is 41.3 Å². The third kappa shape index (κ3) is 3.87. The Morgan fingerprint density at radius 1 is 1.09 bits per heavy atom. The average Bonchev–Trinajstić information content (AvgIpc) is 2.45. The lowest BCUT2D eigenvalue weighted by Crippen LogP contribution is -2.11. The van der Waals surface area contributed by atoms with Gasteiger partial charge in [-0.3, -0.25) is 0 Å². The zero-order valence-electron chi connectivity index (χ0n) is 12.5. The van der Waals surface area contributed by atoms with Crippen LogP contribution >= 0.6 is 0 Å². The van der Waals surface area contributed by atoms with Crippen LogP contribution in [0, 0.1) is 30.3 Å². The number of benzene rings is 1. The molecule has 0 atom stereocenters. The lowest BCUT2D eigenvalue weighted by molar-refractivity contribution is 0.449. The van der Waals surface area contributed by atoms with Crippen LogP contribution in [-0.4, -0.2) is 16.5 Å². The molecule has 0 spiro atoms. The first kappa shape index (κ1) is 16.1. The third-order valence-corrected chi connectivity index (χ3v) is 2.83. The van der Waals surface area contributed by atoms with Crippen molar-refractivity contribution in [2.24, 2.45) is 5.92 Å². The molecular formula is C15H17F3N4. The highest BCUT2D eigenvalue weighted by molar-refractivity contribution is 5.56. The van der Waals surface area contributed by atoms with Crippen molar-refractivity contribution in [1.82, 2.24) is 9.97 Å². The van der Waals surface area contributed by atoms with Gasteiger partial charge in [0.1, 0.15) is 5.82 Å². The third-order valence-electron chi connectivity index (χ3n) is 2.83. The molecule has 0 unspecified atom stereocenters. The van der Waals surface area contributed by atoms with Crippen LogP contribution in [0.1, 0.15) is 19.5 Å². The molecule has 0 bridgehead atoms. The topological polar surface area (TPSA) is 49.8 Å². The Labute approximate surface area is 126 Å². The predicted octanol–water partition coefficient (Wildman–Crippen LogP) is 4.01. The summed E-state index contributed by atoms with van der Waals surface area (Å²) in [5.74, 6) is -2.97. The zero-order chi connectivity index (χ0) is 16.3. The standard InChI is InChI=1S/C15H17F3N4/c1-8(2)7-19-12-6-9(3)20-15(22-12)21-11-5-4-10(16)13(17)14(11)18/h4-6,8H,7H2,1-3H3,(H2,19,20,21,22). The summed E-state index contributed by atoms with van der Waals surface area (Å²) >= 11 is 0. The highest BCUT2D eigenvalue weighted by atomic mass is 19.2. The molecule has 2 rings (SSSR count). The van der Waals surface area contributed by atoms with Gasteiger partial charge in [0.25, 0.3) is 0 Å². The molecular weight excluding hydrogens is 293 g/mol. The lowest BCUT2D eigenvalue weighted by atomic mass is 10.2. The number of nitrogens with one attached hydrogen (secondary N) is 2. The highest BCUT2D eigenvalue weighted by Crippen LogP contribution is 2.22. The maximum Gasteiger partial charge on any atom is 0.229 e. The number of aryl methyl sites for hydroxylation is 1.